The van der Waals surface area contributed by atoms with Gasteiger partial charge in [-0.05, 0) is 12.1 Å². The molecule has 1 fully saturated rings. The van der Waals surface area contributed by atoms with Gasteiger partial charge in [0.2, 0.25) is 5.95 Å². The summed E-state index contributed by atoms with van der Waals surface area (Å²) in [5.41, 5.74) is 4.32. The fourth-order valence-electron chi connectivity index (χ4n) is 4.54. The molecule has 4 N–H and O–H groups in total. The molecule has 5 heterocycles. The van der Waals surface area contributed by atoms with Crippen molar-refractivity contribution < 1.29 is 19.8 Å². The van der Waals surface area contributed by atoms with Crippen LogP contribution in [0.2, 0.25) is 0 Å². The van der Waals surface area contributed by atoms with Crippen molar-refractivity contribution in [2.75, 3.05) is 49.3 Å². The maximum Gasteiger partial charge on any atom is 0.277 e. The Kier molecular flexibility index (Phi) is 6.98. The molecule has 0 atom stereocenters. The predicted molar refractivity (Wildman–Crippen MR) is 145 cm³/mol. The van der Waals surface area contributed by atoms with E-state index in [-0.39, 0.29) is 18.7 Å². The van der Waals surface area contributed by atoms with Gasteiger partial charge in [0.1, 0.15) is 0 Å². The van der Waals surface area contributed by atoms with Gasteiger partial charge >= 0.3 is 0 Å². The average Bonchev–Trinajstić information content (AvgIpc) is 3.63. The number of amides is 1. The predicted octanol–water partition coefficient (Wildman–Crippen LogP) is 1.98. The first kappa shape index (κ1) is 25.1. The molecule has 0 saturated carbocycles. The van der Waals surface area contributed by atoms with Gasteiger partial charge < -0.3 is 19.6 Å². The molecule has 200 valence electrons. The summed E-state index contributed by atoms with van der Waals surface area (Å²) >= 11 is 1.59. The van der Waals surface area contributed by atoms with Crippen LogP contribution in [0.4, 0.5) is 11.8 Å². The van der Waals surface area contributed by atoms with Crippen LogP contribution in [0.15, 0.2) is 42.9 Å². The van der Waals surface area contributed by atoms with Crippen molar-refractivity contribution >= 4 is 50.1 Å². The normalized spacial score (nSPS) is 13.7. The van der Waals surface area contributed by atoms with Crippen molar-refractivity contribution in [2.45, 2.75) is 6.54 Å². The maximum absolute atomic E-state index is 11.6. The lowest BCUT2D eigenvalue weighted by molar-refractivity contribution is 0.0705. The second kappa shape index (κ2) is 10.9. The highest BCUT2D eigenvalue weighted by molar-refractivity contribution is 7.19. The van der Waals surface area contributed by atoms with E-state index in [9.17, 15) is 9.90 Å². The standard InChI is InChI=1S/C25H25N9O4S/c35-7-4-34(25-26-11-15(12-27-25)24(36)32-37)14-16-10-20-21(39-16)23(33-5-8-38-9-6-33)30-22(29-20)17-2-1-3-19-18(17)13-28-31-19/h1-3,10-13,35,37H,4-9,14H2,(H,28,31)(H,32,36). The van der Waals surface area contributed by atoms with Crippen molar-refractivity contribution in [3.8, 4) is 11.4 Å². The van der Waals surface area contributed by atoms with Crippen molar-refractivity contribution in [1.29, 1.82) is 0 Å². The summed E-state index contributed by atoms with van der Waals surface area (Å²) < 4.78 is 6.55. The van der Waals surface area contributed by atoms with Crippen molar-refractivity contribution in [3.63, 3.8) is 0 Å². The molecule has 0 radical (unpaired) electrons. The van der Waals surface area contributed by atoms with Crippen LogP contribution in [-0.4, -0.2) is 85.8 Å². The van der Waals surface area contributed by atoms with Gasteiger partial charge in [0.05, 0.1) is 53.9 Å². The first-order valence-electron chi connectivity index (χ1n) is 12.3. The fraction of sp³-hybridized carbons (Fsp3) is 0.280. The molecule has 0 unspecified atom stereocenters. The molecule has 0 bridgehead atoms. The average molecular weight is 548 g/mol. The largest absolute Gasteiger partial charge is 0.395 e. The van der Waals surface area contributed by atoms with Gasteiger partial charge in [-0.25, -0.2) is 25.4 Å². The molecule has 1 aliphatic heterocycles. The number of aliphatic hydroxyl groups excluding tert-OH is 1. The number of fused-ring (bicyclic) bond motifs is 2. The summed E-state index contributed by atoms with van der Waals surface area (Å²) in [4.78, 5) is 35.2. The van der Waals surface area contributed by atoms with Gasteiger partial charge in [-0.2, -0.15) is 5.10 Å². The van der Waals surface area contributed by atoms with E-state index >= 15 is 0 Å². The third-order valence-electron chi connectivity index (χ3n) is 6.44. The maximum atomic E-state index is 11.6. The number of morpholine rings is 1. The van der Waals surface area contributed by atoms with Crippen LogP contribution in [0.5, 0.6) is 0 Å². The lowest BCUT2D eigenvalue weighted by atomic mass is 10.1. The van der Waals surface area contributed by atoms with Crippen LogP contribution in [0.1, 0.15) is 15.2 Å². The van der Waals surface area contributed by atoms with Gasteiger partial charge in [0, 0.05) is 47.9 Å². The van der Waals surface area contributed by atoms with E-state index < -0.39 is 5.91 Å². The highest BCUT2D eigenvalue weighted by atomic mass is 32.1. The number of rotatable bonds is 8. The Labute approximate surface area is 226 Å². The Morgan fingerprint density at radius 3 is 2.77 bits per heavy atom. The number of hydrogen-bond acceptors (Lipinski definition) is 12. The Hall–Kier alpha value is -4.24. The number of aromatic nitrogens is 6. The number of thiophene rings is 1. The zero-order valence-electron chi connectivity index (χ0n) is 20.7. The minimum Gasteiger partial charge on any atom is -0.395 e. The van der Waals surface area contributed by atoms with Crippen LogP contribution in [0, 0.1) is 0 Å². The Bertz CT molecular complexity index is 1620. The number of nitrogens with one attached hydrogen (secondary N) is 2. The smallest absolute Gasteiger partial charge is 0.277 e. The number of carbonyl (C=O) groups excluding carboxylic acids is 1. The summed E-state index contributed by atoms with van der Waals surface area (Å²) in [5.74, 6) is 1.13. The Balaban J connectivity index is 1.39. The van der Waals surface area contributed by atoms with E-state index in [2.05, 4.69) is 25.1 Å². The van der Waals surface area contributed by atoms with Crippen molar-refractivity contribution in [2.24, 2.45) is 0 Å². The van der Waals surface area contributed by atoms with Crippen LogP contribution < -0.4 is 15.3 Å². The van der Waals surface area contributed by atoms with Gasteiger partial charge in [0.25, 0.3) is 5.91 Å². The zero-order chi connectivity index (χ0) is 26.8. The monoisotopic (exact) mass is 547 g/mol. The number of hydroxylamine groups is 1. The first-order valence-corrected chi connectivity index (χ1v) is 13.1. The molecular weight excluding hydrogens is 522 g/mol. The van der Waals surface area contributed by atoms with Gasteiger partial charge in [0.15, 0.2) is 11.6 Å². The van der Waals surface area contributed by atoms with Crippen molar-refractivity contribution in [1.82, 2.24) is 35.6 Å². The molecule has 1 aliphatic rings. The minimum absolute atomic E-state index is 0.106. The van der Waals surface area contributed by atoms with E-state index in [0.29, 0.717) is 31.5 Å². The topological polar surface area (TPSA) is 166 Å². The molecule has 13 nitrogen and oxygen atoms in total. The molecule has 1 aromatic carbocycles. The summed E-state index contributed by atoms with van der Waals surface area (Å²) in [5, 5.41) is 26.7. The number of H-pyrrole nitrogens is 1. The van der Waals surface area contributed by atoms with Crippen LogP contribution in [0.25, 0.3) is 32.5 Å². The summed E-state index contributed by atoms with van der Waals surface area (Å²) in [6, 6.07) is 7.95. The van der Waals surface area contributed by atoms with E-state index in [1.54, 1.807) is 23.0 Å². The van der Waals surface area contributed by atoms with E-state index in [0.717, 1.165) is 50.5 Å². The number of aliphatic hydroxyl groups is 1. The van der Waals surface area contributed by atoms with Crippen LogP contribution >= 0.6 is 11.3 Å². The molecule has 6 rings (SSSR count). The molecule has 5 aromatic rings. The van der Waals surface area contributed by atoms with Gasteiger partial charge in [-0.15, -0.1) is 11.3 Å². The zero-order valence-corrected chi connectivity index (χ0v) is 21.6. The quantitative estimate of drug-likeness (QED) is 0.166. The highest BCUT2D eigenvalue weighted by Crippen LogP contribution is 2.36. The Morgan fingerprint density at radius 1 is 1.18 bits per heavy atom. The molecule has 39 heavy (non-hydrogen) atoms. The SMILES string of the molecule is O=C(NO)c1cnc(N(CCO)Cc2cc3nc(-c4cccc5[nH]ncc45)nc(N4CCOCC4)c3s2)nc1. The second-order valence-corrected chi connectivity index (χ2v) is 10.0. The molecule has 1 saturated heterocycles. The number of aromatic amines is 1. The molecule has 0 aliphatic carbocycles. The number of hydrogen-bond donors (Lipinski definition) is 4. The molecule has 14 heteroatoms. The van der Waals surface area contributed by atoms with E-state index in [1.165, 1.54) is 12.4 Å². The third-order valence-corrected chi connectivity index (χ3v) is 7.55. The Morgan fingerprint density at radius 2 is 2.00 bits per heavy atom. The number of carbonyl (C=O) groups is 1. The number of nitrogens with zero attached hydrogens (tertiary/aromatic N) is 7. The number of anilines is 2. The lowest BCUT2D eigenvalue weighted by Crippen LogP contribution is -2.36. The van der Waals surface area contributed by atoms with Gasteiger partial charge in [-0.3, -0.25) is 15.1 Å². The summed E-state index contributed by atoms with van der Waals surface area (Å²) in [6.45, 7) is 3.31. The molecule has 4 aromatic heterocycles. The summed E-state index contributed by atoms with van der Waals surface area (Å²) in [7, 11) is 0. The highest BCUT2D eigenvalue weighted by Gasteiger charge is 2.22. The second-order valence-electron chi connectivity index (χ2n) is 8.89. The lowest BCUT2D eigenvalue weighted by Gasteiger charge is -2.28. The summed E-state index contributed by atoms with van der Waals surface area (Å²) in [6.07, 6.45) is 4.44. The number of benzene rings is 1. The molecule has 1 amide bonds. The van der Waals surface area contributed by atoms with Crippen LogP contribution in [-0.2, 0) is 11.3 Å². The van der Waals surface area contributed by atoms with Crippen LogP contribution in [0.3, 0.4) is 0 Å². The van der Waals surface area contributed by atoms with Crippen molar-refractivity contribution in [3.05, 3.63) is 53.3 Å². The number of ether oxygens (including phenoxy) is 1. The molecular formula is C25H25N9O4S. The first-order chi connectivity index (χ1) is 19.1. The van der Waals surface area contributed by atoms with E-state index in [4.69, 9.17) is 19.9 Å². The molecule has 0 spiro atoms. The minimum atomic E-state index is -0.698. The van der Waals surface area contributed by atoms with Gasteiger partial charge in [-0.1, -0.05) is 12.1 Å². The fourth-order valence-corrected chi connectivity index (χ4v) is 5.67. The van der Waals surface area contributed by atoms with E-state index in [1.807, 2.05) is 29.2 Å². The third kappa shape index (κ3) is 4.97.